The average molecular weight is 297 g/mol. The van der Waals surface area contributed by atoms with E-state index in [-0.39, 0.29) is 18.5 Å². The van der Waals surface area contributed by atoms with Gasteiger partial charge in [-0.25, -0.2) is 4.79 Å². The zero-order chi connectivity index (χ0) is 15.6. The molecule has 1 aliphatic heterocycles. The summed E-state index contributed by atoms with van der Waals surface area (Å²) in [7, 11) is 0. The number of rotatable bonds is 4. The number of aliphatic carboxylic acids is 1. The Balaban J connectivity index is 1.91. The van der Waals surface area contributed by atoms with E-state index in [4.69, 9.17) is 0 Å². The summed E-state index contributed by atoms with van der Waals surface area (Å²) in [5.74, 6) is -0.827. The topological polar surface area (TPSA) is 98.7 Å². The fourth-order valence-electron chi connectivity index (χ4n) is 3.54. The SMILES string of the molecule is CC(C)NC(=O)NC(=O)CN1CC2CCCC2C1C(=O)O. The van der Waals surface area contributed by atoms with Crippen molar-refractivity contribution < 1.29 is 19.5 Å². The van der Waals surface area contributed by atoms with Gasteiger partial charge in [0.05, 0.1) is 6.54 Å². The zero-order valence-electron chi connectivity index (χ0n) is 12.5. The molecule has 0 aromatic rings. The highest BCUT2D eigenvalue weighted by molar-refractivity contribution is 5.95. The summed E-state index contributed by atoms with van der Waals surface area (Å²) in [6.45, 7) is 4.18. The lowest BCUT2D eigenvalue weighted by atomic mass is 9.94. The number of amides is 3. The van der Waals surface area contributed by atoms with Crippen LogP contribution in [0.3, 0.4) is 0 Å². The second kappa shape index (κ2) is 6.43. The molecular formula is C14H23N3O4. The highest BCUT2D eigenvalue weighted by Crippen LogP contribution is 2.41. The molecule has 2 fully saturated rings. The number of carboxylic acids is 1. The molecular weight excluding hydrogens is 274 g/mol. The van der Waals surface area contributed by atoms with E-state index in [1.807, 2.05) is 0 Å². The molecule has 7 nitrogen and oxygen atoms in total. The molecule has 0 aromatic carbocycles. The zero-order valence-corrected chi connectivity index (χ0v) is 12.5. The van der Waals surface area contributed by atoms with Gasteiger partial charge in [-0.3, -0.25) is 19.8 Å². The average Bonchev–Trinajstić information content (AvgIpc) is 2.85. The van der Waals surface area contributed by atoms with E-state index in [2.05, 4.69) is 10.6 Å². The van der Waals surface area contributed by atoms with Crippen molar-refractivity contribution in [3.05, 3.63) is 0 Å². The number of fused-ring (bicyclic) bond motifs is 1. The van der Waals surface area contributed by atoms with Gasteiger partial charge in [0.25, 0.3) is 0 Å². The third kappa shape index (κ3) is 3.72. The quantitative estimate of drug-likeness (QED) is 0.698. The number of nitrogens with zero attached hydrogens (tertiary/aromatic N) is 1. The molecule has 118 valence electrons. The van der Waals surface area contributed by atoms with Crippen molar-refractivity contribution in [2.75, 3.05) is 13.1 Å². The Labute approximate surface area is 124 Å². The van der Waals surface area contributed by atoms with Crippen LogP contribution in [0.5, 0.6) is 0 Å². The second-order valence-corrected chi connectivity index (χ2v) is 6.24. The van der Waals surface area contributed by atoms with Gasteiger partial charge >= 0.3 is 12.0 Å². The van der Waals surface area contributed by atoms with Crippen LogP contribution in [0.15, 0.2) is 0 Å². The van der Waals surface area contributed by atoms with E-state index in [1.54, 1.807) is 18.7 Å². The first kappa shape index (κ1) is 15.8. The van der Waals surface area contributed by atoms with Crippen LogP contribution in [0.1, 0.15) is 33.1 Å². The van der Waals surface area contributed by atoms with Crippen molar-refractivity contribution in [3.63, 3.8) is 0 Å². The number of hydrogen-bond acceptors (Lipinski definition) is 4. The molecule has 2 rings (SSSR count). The van der Waals surface area contributed by atoms with Gasteiger partial charge in [0, 0.05) is 12.6 Å². The van der Waals surface area contributed by atoms with Crippen molar-refractivity contribution in [3.8, 4) is 0 Å². The summed E-state index contributed by atoms with van der Waals surface area (Å²) in [4.78, 5) is 36.5. The predicted molar refractivity (Wildman–Crippen MR) is 75.6 cm³/mol. The minimum atomic E-state index is -0.871. The van der Waals surface area contributed by atoms with Crippen molar-refractivity contribution in [2.24, 2.45) is 11.8 Å². The first-order valence-electron chi connectivity index (χ1n) is 7.45. The lowest BCUT2D eigenvalue weighted by molar-refractivity contribution is -0.144. The van der Waals surface area contributed by atoms with Gasteiger partial charge in [0.1, 0.15) is 6.04 Å². The van der Waals surface area contributed by atoms with Gasteiger partial charge in [-0.15, -0.1) is 0 Å². The number of hydrogen-bond donors (Lipinski definition) is 3. The largest absolute Gasteiger partial charge is 0.480 e. The van der Waals surface area contributed by atoms with Crippen LogP contribution in [0.4, 0.5) is 4.79 Å². The van der Waals surface area contributed by atoms with Gasteiger partial charge < -0.3 is 10.4 Å². The Kier molecular flexibility index (Phi) is 4.82. The summed E-state index contributed by atoms with van der Waals surface area (Å²) in [6.07, 6.45) is 3.00. The van der Waals surface area contributed by atoms with Crippen LogP contribution in [-0.2, 0) is 9.59 Å². The van der Waals surface area contributed by atoms with Crippen LogP contribution in [0, 0.1) is 11.8 Å². The third-order valence-corrected chi connectivity index (χ3v) is 4.26. The molecule has 3 atom stereocenters. The minimum absolute atomic E-state index is 0.0461. The molecule has 2 aliphatic rings. The van der Waals surface area contributed by atoms with E-state index < -0.39 is 23.9 Å². The van der Waals surface area contributed by atoms with Crippen molar-refractivity contribution in [1.82, 2.24) is 15.5 Å². The number of carbonyl (C=O) groups is 3. The van der Waals surface area contributed by atoms with Gasteiger partial charge in [0.2, 0.25) is 5.91 Å². The van der Waals surface area contributed by atoms with Gasteiger partial charge in [-0.1, -0.05) is 6.42 Å². The molecule has 1 heterocycles. The molecule has 0 radical (unpaired) electrons. The lowest BCUT2D eigenvalue weighted by Gasteiger charge is -2.23. The molecule has 3 N–H and O–H groups in total. The Bertz CT molecular complexity index is 438. The van der Waals surface area contributed by atoms with Crippen molar-refractivity contribution in [1.29, 1.82) is 0 Å². The molecule has 7 heteroatoms. The van der Waals surface area contributed by atoms with E-state index in [0.717, 1.165) is 19.3 Å². The van der Waals surface area contributed by atoms with Crippen LogP contribution in [0.2, 0.25) is 0 Å². The molecule has 21 heavy (non-hydrogen) atoms. The molecule has 0 aromatic heterocycles. The van der Waals surface area contributed by atoms with Gasteiger partial charge in [0.15, 0.2) is 0 Å². The van der Waals surface area contributed by atoms with Gasteiger partial charge in [-0.2, -0.15) is 0 Å². The monoisotopic (exact) mass is 297 g/mol. The first-order chi connectivity index (χ1) is 9.88. The highest BCUT2D eigenvalue weighted by atomic mass is 16.4. The standard InChI is InChI=1S/C14H23N3O4/c1-8(2)15-14(21)16-11(18)7-17-6-9-4-3-5-10(9)12(17)13(19)20/h8-10,12H,3-7H2,1-2H3,(H,19,20)(H2,15,16,18,21). The van der Waals surface area contributed by atoms with Crippen LogP contribution < -0.4 is 10.6 Å². The van der Waals surface area contributed by atoms with Crippen LogP contribution in [-0.4, -0.2) is 53.1 Å². The normalized spacial score (nSPS) is 28.4. The fraction of sp³-hybridized carbons (Fsp3) is 0.786. The molecule has 3 unspecified atom stereocenters. The Morgan fingerprint density at radius 3 is 2.62 bits per heavy atom. The van der Waals surface area contributed by atoms with Crippen molar-refractivity contribution in [2.45, 2.75) is 45.2 Å². The maximum absolute atomic E-state index is 11.9. The Morgan fingerprint density at radius 1 is 1.29 bits per heavy atom. The van der Waals surface area contributed by atoms with Gasteiger partial charge in [-0.05, 0) is 38.5 Å². The minimum Gasteiger partial charge on any atom is -0.480 e. The summed E-state index contributed by atoms with van der Waals surface area (Å²) < 4.78 is 0. The fourth-order valence-corrected chi connectivity index (χ4v) is 3.54. The molecule has 0 bridgehead atoms. The number of likely N-dealkylation sites (tertiary alicyclic amines) is 1. The summed E-state index contributed by atoms with van der Waals surface area (Å²) in [6, 6.07) is -1.20. The van der Waals surface area contributed by atoms with E-state index >= 15 is 0 Å². The number of urea groups is 1. The third-order valence-electron chi connectivity index (χ3n) is 4.26. The van der Waals surface area contributed by atoms with E-state index in [0.29, 0.717) is 12.5 Å². The summed E-state index contributed by atoms with van der Waals surface area (Å²) in [5.41, 5.74) is 0. The number of imide groups is 1. The predicted octanol–water partition coefficient (Wildman–Crippen LogP) is 0.406. The smallest absolute Gasteiger partial charge is 0.321 e. The summed E-state index contributed by atoms with van der Waals surface area (Å²) in [5, 5.41) is 14.2. The maximum Gasteiger partial charge on any atom is 0.321 e. The molecule has 1 saturated heterocycles. The number of carbonyl (C=O) groups excluding carboxylic acids is 2. The summed E-state index contributed by atoms with van der Waals surface area (Å²) >= 11 is 0. The Hall–Kier alpha value is -1.63. The Morgan fingerprint density at radius 2 is 2.00 bits per heavy atom. The lowest BCUT2D eigenvalue weighted by Crippen LogP contribution is -2.49. The van der Waals surface area contributed by atoms with E-state index in [9.17, 15) is 19.5 Å². The van der Waals surface area contributed by atoms with Crippen molar-refractivity contribution >= 4 is 17.9 Å². The molecule has 1 saturated carbocycles. The highest BCUT2D eigenvalue weighted by Gasteiger charge is 2.48. The number of nitrogens with one attached hydrogen (secondary N) is 2. The molecule has 0 spiro atoms. The first-order valence-corrected chi connectivity index (χ1v) is 7.45. The van der Waals surface area contributed by atoms with Crippen LogP contribution in [0.25, 0.3) is 0 Å². The van der Waals surface area contributed by atoms with E-state index in [1.165, 1.54) is 0 Å². The van der Waals surface area contributed by atoms with Crippen LogP contribution >= 0.6 is 0 Å². The second-order valence-electron chi connectivity index (χ2n) is 6.24. The molecule has 1 aliphatic carbocycles. The number of carboxylic acid groups (broad SMARTS) is 1. The molecule has 3 amide bonds. The maximum atomic E-state index is 11.9.